The molecule has 0 aromatic heterocycles. The molecule has 1 N–H and O–H groups in total. The number of carbonyl (C=O) groups is 1. The lowest BCUT2D eigenvalue weighted by atomic mass is 9.94. The largest absolute Gasteiger partial charge is 0.382 e. The van der Waals surface area contributed by atoms with E-state index < -0.39 is 0 Å². The predicted octanol–water partition coefficient (Wildman–Crippen LogP) is 3.66. The van der Waals surface area contributed by atoms with Gasteiger partial charge in [0.2, 0.25) is 0 Å². The molecule has 0 atom stereocenters. The van der Waals surface area contributed by atoms with Gasteiger partial charge in [0.15, 0.2) is 0 Å². The monoisotopic (exact) mass is 278 g/mol. The number of amides is 1. The molecule has 0 aliphatic heterocycles. The van der Waals surface area contributed by atoms with Gasteiger partial charge in [-0.15, -0.1) is 0 Å². The molecule has 3 nitrogen and oxygen atoms in total. The summed E-state index contributed by atoms with van der Waals surface area (Å²) in [5.74, 6) is -0.456. The van der Waals surface area contributed by atoms with E-state index in [0.717, 1.165) is 12.8 Å². The average molecular weight is 278 g/mol. The second kappa shape index (κ2) is 6.73. The van der Waals surface area contributed by atoms with Crippen LogP contribution >= 0.6 is 0 Å². The van der Waals surface area contributed by atoms with Gasteiger partial charge in [-0.25, -0.2) is 4.39 Å². The Bertz CT molecular complexity index is 470. The summed E-state index contributed by atoms with van der Waals surface area (Å²) in [4.78, 5) is 14.4. The fraction of sp³-hybridized carbons (Fsp3) is 0.562. The van der Waals surface area contributed by atoms with Gasteiger partial charge in [-0.05, 0) is 31.9 Å². The zero-order valence-electron chi connectivity index (χ0n) is 12.3. The highest BCUT2D eigenvalue weighted by Gasteiger charge is 2.25. The average Bonchev–Trinajstić information content (AvgIpc) is 2.49. The molecule has 0 radical (unpaired) electrons. The van der Waals surface area contributed by atoms with E-state index in [9.17, 15) is 9.18 Å². The number of carbonyl (C=O) groups excluding carboxylic acids is 1. The van der Waals surface area contributed by atoms with Gasteiger partial charge < -0.3 is 10.2 Å². The van der Waals surface area contributed by atoms with Crippen molar-refractivity contribution >= 4 is 11.6 Å². The second-order valence-electron chi connectivity index (χ2n) is 5.40. The van der Waals surface area contributed by atoms with E-state index in [4.69, 9.17) is 0 Å². The maximum atomic E-state index is 13.9. The van der Waals surface area contributed by atoms with Crippen molar-refractivity contribution in [3.8, 4) is 0 Å². The summed E-state index contributed by atoms with van der Waals surface area (Å²) in [6, 6.07) is 4.96. The molecular formula is C16H23FN2O. The van der Waals surface area contributed by atoms with Crippen molar-refractivity contribution < 1.29 is 9.18 Å². The third-order valence-corrected chi connectivity index (χ3v) is 4.04. The lowest BCUT2D eigenvalue weighted by Crippen LogP contribution is -2.38. The van der Waals surface area contributed by atoms with Crippen molar-refractivity contribution in [2.24, 2.45) is 0 Å². The van der Waals surface area contributed by atoms with E-state index in [2.05, 4.69) is 5.32 Å². The lowest BCUT2D eigenvalue weighted by Gasteiger charge is -2.31. The third kappa shape index (κ3) is 3.11. The van der Waals surface area contributed by atoms with Crippen LogP contribution in [0.25, 0.3) is 0 Å². The highest BCUT2D eigenvalue weighted by Crippen LogP contribution is 2.26. The van der Waals surface area contributed by atoms with Gasteiger partial charge in [0.05, 0.1) is 11.3 Å². The van der Waals surface area contributed by atoms with Crippen molar-refractivity contribution in [3.05, 3.63) is 29.6 Å². The number of hydrogen-bond donors (Lipinski definition) is 1. The van der Waals surface area contributed by atoms with Gasteiger partial charge in [0.25, 0.3) is 5.91 Å². The van der Waals surface area contributed by atoms with Crippen molar-refractivity contribution in [1.29, 1.82) is 0 Å². The molecule has 1 saturated carbocycles. The minimum Gasteiger partial charge on any atom is -0.382 e. The molecule has 1 aliphatic rings. The van der Waals surface area contributed by atoms with Crippen LogP contribution < -0.4 is 5.32 Å². The van der Waals surface area contributed by atoms with Gasteiger partial charge in [-0.3, -0.25) is 4.79 Å². The molecule has 1 aromatic carbocycles. The van der Waals surface area contributed by atoms with E-state index in [1.807, 2.05) is 14.0 Å². The van der Waals surface area contributed by atoms with Crippen molar-refractivity contribution in [2.45, 2.75) is 45.1 Å². The first kappa shape index (κ1) is 14.8. The Morgan fingerprint density at radius 2 is 2.05 bits per heavy atom. The van der Waals surface area contributed by atoms with Gasteiger partial charge in [0.1, 0.15) is 5.82 Å². The van der Waals surface area contributed by atoms with Crippen molar-refractivity contribution in [3.63, 3.8) is 0 Å². The number of hydrogen-bond acceptors (Lipinski definition) is 2. The maximum Gasteiger partial charge on any atom is 0.256 e. The summed E-state index contributed by atoms with van der Waals surface area (Å²) in [7, 11) is 1.83. The Balaban J connectivity index is 2.21. The first-order valence-corrected chi connectivity index (χ1v) is 7.44. The van der Waals surface area contributed by atoms with E-state index in [0.29, 0.717) is 17.8 Å². The quantitative estimate of drug-likeness (QED) is 0.911. The molecule has 0 bridgehead atoms. The highest BCUT2D eigenvalue weighted by atomic mass is 19.1. The summed E-state index contributed by atoms with van der Waals surface area (Å²) in [5, 5.41) is 2.96. The lowest BCUT2D eigenvalue weighted by molar-refractivity contribution is 0.0697. The van der Waals surface area contributed by atoms with E-state index in [1.165, 1.54) is 25.3 Å². The number of nitrogens with zero attached hydrogens (tertiary/aromatic N) is 1. The second-order valence-corrected chi connectivity index (χ2v) is 5.40. The molecule has 1 fully saturated rings. The van der Waals surface area contributed by atoms with Crippen LogP contribution in [0.1, 0.15) is 49.4 Å². The van der Waals surface area contributed by atoms with Crippen LogP contribution in [0.3, 0.4) is 0 Å². The van der Waals surface area contributed by atoms with E-state index in [1.54, 1.807) is 17.0 Å². The van der Waals surface area contributed by atoms with Gasteiger partial charge in [0, 0.05) is 19.6 Å². The molecule has 0 spiro atoms. The molecular weight excluding hydrogens is 255 g/mol. The molecule has 1 amide bonds. The molecule has 0 saturated heterocycles. The molecule has 1 aromatic rings. The number of anilines is 1. The number of benzene rings is 1. The Labute approximate surface area is 120 Å². The molecule has 1 aliphatic carbocycles. The number of halogens is 1. The Hall–Kier alpha value is -1.58. The molecule has 0 unspecified atom stereocenters. The Morgan fingerprint density at radius 1 is 1.35 bits per heavy atom. The van der Waals surface area contributed by atoms with Crippen LogP contribution in [0.2, 0.25) is 0 Å². The molecule has 110 valence electrons. The predicted molar refractivity (Wildman–Crippen MR) is 79.5 cm³/mol. The fourth-order valence-corrected chi connectivity index (χ4v) is 2.88. The van der Waals surface area contributed by atoms with Gasteiger partial charge in [-0.1, -0.05) is 25.3 Å². The van der Waals surface area contributed by atoms with Crippen LogP contribution in [-0.4, -0.2) is 30.4 Å². The Morgan fingerprint density at radius 3 is 2.70 bits per heavy atom. The summed E-state index contributed by atoms with van der Waals surface area (Å²) in [6.45, 7) is 2.49. The zero-order valence-corrected chi connectivity index (χ0v) is 12.3. The topological polar surface area (TPSA) is 32.3 Å². The smallest absolute Gasteiger partial charge is 0.256 e. The van der Waals surface area contributed by atoms with Gasteiger partial charge in [-0.2, -0.15) is 0 Å². The fourth-order valence-electron chi connectivity index (χ4n) is 2.88. The summed E-state index contributed by atoms with van der Waals surface area (Å²) in [6.07, 6.45) is 5.69. The third-order valence-electron chi connectivity index (χ3n) is 4.04. The van der Waals surface area contributed by atoms with E-state index >= 15 is 0 Å². The molecule has 2 rings (SSSR count). The minimum atomic E-state index is -0.366. The minimum absolute atomic E-state index is 0.0904. The van der Waals surface area contributed by atoms with Crippen LogP contribution in [0.4, 0.5) is 10.1 Å². The maximum absolute atomic E-state index is 13.9. The van der Waals surface area contributed by atoms with Gasteiger partial charge >= 0.3 is 0 Å². The standard InChI is InChI=1S/C16H23FN2O/c1-3-18-15-13(10-7-11-14(15)17)16(20)19(2)12-8-5-4-6-9-12/h7,10-12,18H,3-6,8-9H2,1-2H3. The summed E-state index contributed by atoms with van der Waals surface area (Å²) in [5.41, 5.74) is 0.752. The molecule has 20 heavy (non-hydrogen) atoms. The van der Waals surface area contributed by atoms with Crippen LogP contribution in [0.15, 0.2) is 18.2 Å². The first-order valence-electron chi connectivity index (χ1n) is 7.44. The van der Waals surface area contributed by atoms with Crippen LogP contribution in [0.5, 0.6) is 0 Å². The van der Waals surface area contributed by atoms with Crippen LogP contribution in [0, 0.1) is 5.82 Å². The number of para-hydroxylation sites is 1. The summed E-state index contributed by atoms with van der Waals surface area (Å²) < 4.78 is 13.9. The zero-order chi connectivity index (χ0) is 14.5. The van der Waals surface area contributed by atoms with Crippen LogP contribution in [-0.2, 0) is 0 Å². The normalized spacial score (nSPS) is 15.9. The molecule has 0 heterocycles. The number of rotatable bonds is 4. The van der Waals surface area contributed by atoms with E-state index in [-0.39, 0.29) is 17.8 Å². The number of nitrogens with one attached hydrogen (secondary N) is 1. The Kier molecular flexibility index (Phi) is 4.99. The van der Waals surface area contributed by atoms with Crippen molar-refractivity contribution in [1.82, 2.24) is 4.90 Å². The SMILES string of the molecule is CCNc1c(F)cccc1C(=O)N(C)C1CCCCC1. The molecule has 4 heteroatoms. The highest BCUT2D eigenvalue weighted by molar-refractivity contribution is 5.99. The first-order chi connectivity index (χ1) is 9.65. The van der Waals surface area contributed by atoms with Crippen molar-refractivity contribution in [2.75, 3.05) is 18.9 Å². The summed E-state index contributed by atoms with van der Waals surface area (Å²) >= 11 is 0.